The molecule has 90 valence electrons. The Morgan fingerprint density at radius 1 is 1.19 bits per heavy atom. The average Bonchev–Trinajstić information content (AvgIpc) is 2.33. The molecule has 1 fully saturated rings. The van der Waals surface area contributed by atoms with Crippen molar-refractivity contribution in [2.24, 2.45) is 0 Å². The number of nitrogens with zero attached hydrogens (tertiary/aromatic N) is 1. The van der Waals surface area contributed by atoms with E-state index in [0.29, 0.717) is 0 Å². The van der Waals surface area contributed by atoms with E-state index in [1.807, 2.05) is 30.3 Å². The number of hydrogen-bond acceptors (Lipinski definition) is 2. The van der Waals surface area contributed by atoms with Gasteiger partial charge in [0.1, 0.15) is 6.67 Å². The first-order chi connectivity index (χ1) is 7.42. The summed E-state index contributed by atoms with van der Waals surface area (Å²) in [6, 6.07) is 9.86. The third-order valence-electron chi connectivity index (χ3n) is 2.92. The molecule has 4 heteroatoms. The second kappa shape index (κ2) is 6.84. The van der Waals surface area contributed by atoms with Gasteiger partial charge >= 0.3 is 0 Å². The van der Waals surface area contributed by atoms with Crippen LogP contribution in [0.3, 0.4) is 0 Å². The molecule has 0 aromatic heterocycles. The van der Waals surface area contributed by atoms with Crippen molar-refractivity contribution in [3.63, 3.8) is 0 Å². The standard InChI is InChI=1S/C12H17FN2.ClH/c13-10-12(11-4-2-1-3-5-11)15-8-6-14-7-9-15;/h1-5,12,14H,6-10H2;1H/t12-;/m1./s1. The van der Waals surface area contributed by atoms with Crippen LogP contribution in [0.1, 0.15) is 11.6 Å². The molecular weight excluding hydrogens is 227 g/mol. The molecule has 1 aromatic rings. The van der Waals surface area contributed by atoms with Crippen LogP contribution in [0.15, 0.2) is 30.3 Å². The Hall–Kier alpha value is -0.640. The SMILES string of the molecule is Cl.FC[C@H](c1ccccc1)N1CCNCC1. The van der Waals surface area contributed by atoms with E-state index in [1.54, 1.807) is 0 Å². The fourth-order valence-electron chi connectivity index (χ4n) is 2.07. The zero-order chi connectivity index (χ0) is 10.5. The number of nitrogens with one attached hydrogen (secondary N) is 1. The van der Waals surface area contributed by atoms with Crippen LogP contribution in [0.2, 0.25) is 0 Å². The van der Waals surface area contributed by atoms with Crippen molar-refractivity contribution in [3.8, 4) is 0 Å². The zero-order valence-corrected chi connectivity index (χ0v) is 10.0. The van der Waals surface area contributed by atoms with Gasteiger partial charge in [0, 0.05) is 26.2 Å². The summed E-state index contributed by atoms with van der Waals surface area (Å²) in [6.07, 6.45) is 0. The van der Waals surface area contributed by atoms with Crippen LogP contribution in [-0.4, -0.2) is 37.8 Å². The molecule has 2 rings (SSSR count). The van der Waals surface area contributed by atoms with Gasteiger partial charge in [-0.2, -0.15) is 0 Å². The fourth-order valence-corrected chi connectivity index (χ4v) is 2.07. The second-order valence-electron chi connectivity index (χ2n) is 3.87. The number of benzene rings is 1. The van der Waals surface area contributed by atoms with E-state index < -0.39 is 0 Å². The monoisotopic (exact) mass is 244 g/mol. The molecule has 0 aliphatic carbocycles. The zero-order valence-electron chi connectivity index (χ0n) is 9.23. The van der Waals surface area contributed by atoms with Crippen molar-refractivity contribution in [2.75, 3.05) is 32.9 Å². The van der Waals surface area contributed by atoms with E-state index in [2.05, 4.69) is 10.2 Å². The largest absolute Gasteiger partial charge is 0.314 e. The number of rotatable bonds is 3. The van der Waals surface area contributed by atoms with Gasteiger partial charge < -0.3 is 5.32 Å². The molecule has 0 amide bonds. The van der Waals surface area contributed by atoms with Crippen LogP contribution in [0.4, 0.5) is 4.39 Å². The van der Waals surface area contributed by atoms with Crippen LogP contribution in [0.25, 0.3) is 0 Å². The molecule has 1 atom stereocenters. The normalized spacial score (nSPS) is 18.8. The van der Waals surface area contributed by atoms with Gasteiger partial charge in [0.05, 0.1) is 6.04 Å². The Morgan fingerprint density at radius 2 is 1.81 bits per heavy atom. The first-order valence-electron chi connectivity index (χ1n) is 5.47. The summed E-state index contributed by atoms with van der Waals surface area (Å²) < 4.78 is 13.1. The molecule has 0 saturated carbocycles. The molecule has 0 radical (unpaired) electrons. The summed E-state index contributed by atoms with van der Waals surface area (Å²) in [4.78, 5) is 2.21. The van der Waals surface area contributed by atoms with Crippen molar-refractivity contribution >= 4 is 12.4 Å². The average molecular weight is 245 g/mol. The van der Waals surface area contributed by atoms with Crippen LogP contribution in [-0.2, 0) is 0 Å². The lowest BCUT2D eigenvalue weighted by Gasteiger charge is -2.33. The Morgan fingerprint density at radius 3 is 2.38 bits per heavy atom. The lowest BCUT2D eigenvalue weighted by atomic mass is 10.1. The maximum atomic E-state index is 13.1. The van der Waals surface area contributed by atoms with Gasteiger partial charge in [-0.3, -0.25) is 4.90 Å². The summed E-state index contributed by atoms with van der Waals surface area (Å²) in [5.74, 6) is 0. The predicted octanol–water partition coefficient (Wildman–Crippen LogP) is 2.02. The molecule has 1 heterocycles. The van der Waals surface area contributed by atoms with Crippen LogP contribution < -0.4 is 5.32 Å². The lowest BCUT2D eigenvalue weighted by Crippen LogP contribution is -2.45. The first kappa shape index (κ1) is 13.4. The summed E-state index contributed by atoms with van der Waals surface area (Å²) in [7, 11) is 0. The number of halogens is 2. The number of alkyl halides is 1. The van der Waals surface area contributed by atoms with Gasteiger partial charge in [0.2, 0.25) is 0 Å². The van der Waals surface area contributed by atoms with Gasteiger partial charge in [-0.1, -0.05) is 30.3 Å². The van der Waals surface area contributed by atoms with Crippen LogP contribution in [0, 0.1) is 0 Å². The highest BCUT2D eigenvalue weighted by Gasteiger charge is 2.21. The highest BCUT2D eigenvalue weighted by molar-refractivity contribution is 5.85. The minimum atomic E-state index is -0.302. The molecule has 1 aliphatic rings. The summed E-state index contributed by atoms with van der Waals surface area (Å²) in [5, 5.41) is 3.28. The Bertz CT molecular complexity index is 288. The van der Waals surface area contributed by atoms with E-state index >= 15 is 0 Å². The van der Waals surface area contributed by atoms with Crippen molar-refractivity contribution < 1.29 is 4.39 Å². The van der Waals surface area contributed by atoms with Gasteiger partial charge in [-0.15, -0.1) is 12.4 Å². The maximum absolute atomic E-state index is 13.1. The van der Waals surface area contributed by atoms with E-state index in [4.69, 9.17) is 0 Å². The quantitative estimate of drug-likeness (QED) is 0.875. The molecule has 1 saturated heterocycles. The summed E-state index contributed by atoms with van der Waals surface area (Å²) >= 11 is 0. The molecule has 0 spiro atoms. The van der Waals surface area contributed by atoms with Crippen LogP contribution in [0.5, 0.6) is 0 Å². The molecule has 1 N–H and O–H groups in total. The molecule has 0 unspecified atom stereocenters. The predicted molar refractivity (Wildman–Crippen MR) is 66.8 cm³/mol. The highest BCUT2D eigenvalue weighted by atomic mass is 35.5. The summed E-state index contributed by atoms with van der Waals surface area (Å²) in [5.41, 5.74) is 1.09. The Balaban J connectivity index is 0.00000128. The van der Waals surface area contributed by atoms with E-state index in [1.165, 1.54) is 0 Å². The van der Waals surface area contributed by atoms with Crippen molar-refractivity contribution in [3.05, 3.63) is 35.9 Å². The number of piperazine rings is 1. The van der Waals surface area contributed by atoms with E-state index in [9.17, 15) is 4.39 Å². The van der Waals surface area contributed by atoms with E-state index in [-0.39, 0.29) is 25.1 Å². The Labute approximate surface area is 102 Å². The molecule has 1 aliphatic heterocycles. The lowest BCUT2D eigenvalue weighted by molar-refractivity contribution is 0.147. The molecule has 1 aromatic carbocycles. The van der Waals surface area contributed by atoms with Gasteiger partial charge in [0.25, 0.3) is 0 Å². The van der Waals surface area contributed by atoms with E-state index in [0.717, 1.165) is 31.7 Å². The van der Waals surface area contributed by atoms with Crippen molar-refractivity contribution in [1.82, 2.24) is 10.2 Å². The van der Waals surface area contributed by atoms with Crippen molar-refractivity contribution in [2.45, 2.75) is 6.04 Å². The van der Waals surface area contributed by atoms with Crippen LogP contribution >= 0.6 is 12.4 Å². The van der Waals surface area contributed by atoms with Crippen molar-refractivity contribution in [1.29, 1.82) is 0 Å². The molecule has 16 heavy (non-hydrogen) atoms. The maximum Gasteiger partial charge on any atom is 0.109 e. The van der Waals surface area contributed by atoms with Gasteiger partial charge in [-0.25, -0.2) is 4.39 Å². The van der Waals surface area contributed by atoms with Gasteiger partial charge in [-0.05, 0) is 5.56 Å². The molecule has 2 nitrogen and oxygen atoms in total. The topological polar surface area (TPSA) is 15.3 Å². The highest BCUT2D eigenvalue weighted by Crippen LogP contribution is 2.21. The molecule has 0 bridgehead atoms. The third-order valence-corrected chi connectivity index (χ3v) is 2.92. The fraction of sp³-hybridized carbons (Fsp3) is 0.500. The summed E-state index contributed by atoms with van der Waals surface area (Å²) in [6.45, 7) is 3.49. The molecular formula is C12H18ClFN2. The third kappa shape index (κ3) is 3.17. The second-order valence-corrected chi connectivity index (χ2v) is 3.87. The van der Waals surface area contributed by atoms with Gasteiger partial charge in [0.15, 0.2) is 0 Å². The smallest absolute Gasteiger partial charge is 0.109 e. The first-order valence-corrected chi connectivity index (χ1v) is 5.47. The minimum Gasteiger partial charge on any atom is -0.314 e. The minimum absolute atomic E-state index is 0. The Kier molecular flexibility index (Phi) is 5.74. The number of hydrogen-bond donors (Lipinski definition) is 1.